The zero-order chi connectivity index (χ0) is 16.0. The topological polar surface area (TPSA) is 34.0 Å². The Morgan fingerprint density at radius 3 is 2.65 bits per heavy atom. The minimum atomic E-state index is 0.839. The number of thiophene rings is 1. The molecule has 2 aromatic heterocycles. The summed E-state index contributed by atoms with van der Waals surface area (Å²) < 4.78 is 2.24. The van der Waals surface area contributed by atoms with E-state index in [-0.39, 0.29) is 0 Å². The molecule has 0 saturated heterocycles. The zero-order valence-corrected chi connectivity index (χ0v) is 14.5. The van der Waals surface area contributed by atoms with Gasteiger partial charge in [-0.05, 0) is 38.4 Å². The second kappa shape index (κ2) is 5.58. The minimum absolute atomic E-state index is 0.839. The van der Waals surface area contributed by atoms with E-state index < -0.39 is 0 Å². The lowest BCUT2D eigenvalue weighted by Crippen LogP contribution is -2.17. The number of fused-ring (bicyclic) bond motifs is 3. The molecule has 118 valence electrons. The van der Waals surface area contributed by atoms with Crippen LogP contribution >= 0.6 is 11.3 Å². The maximum atomic E-state index is 4.37. The Morgan fingerprint density at radius 1 is 1.09 bits per heavy atom. The maximum absolute atomic E-state index is 4.37. The van der Waals surface area contributed by atoms with Crippen LogP contribution in [0.25, 0.3) is 5.00 Å². The SMILES string of the molecule is Cc1sc2c(c1Cc1ccccc1)CN(C)Cc1nnc(C)n1-2. The molecule has 4 nitrogen and oxygen atoms in total. The molecule has 5 heteroatoms. The van der Waals surface area contributed by atoms with Crippen molar-refractivity contribution in [3.05, 3.63) is 63.5 Å². The fourth-order valence-corrected chi connectivity index (χ4v) is 4.57. The molecule has 0 fully saturated rings. The predicted molar refractivity (Wildman–Crippen MR) is 93.1 cm³/mol. The number of aromatic nitrogens is 3. The third kappa shape index (κ3) is 2.50. The van der Waals surface area contributed by atoms with Gasteiger partial charge >= 0.3 is 0 Å². The number of aryl methyl sites for hydroxylation is 2. The van der Waals surface area contributed by atoms with E-state index in [2.05, 4.69) is 64.0 Å². The summed E-state index contributed by atoms with van der Waals surface area (Å²) in [5, 5.41) is 9.96. The van der Waals surface area contributed by atoms with Gasteiger partial charge in [0.05, 0.1) is 6.54 Å². The van der Waals surface area contributed by atoms with Gasteiger partial charge in [0.25, 0.3) is 0 Å². The highest BCUT2D eigenvalue weighted by molar-refractivity contribution is 7.14. The van der Waals surface area contributed by atoms with Crippen molar-refractivity contribution in [2.75, 3.05) is 7.05 Å². The largest absolute Gasteiger partial charge is 0.295 e. The van der Waals surface area contributed by atoms with Gasteiger partial charge < -0.3 is 0 Å². The Labute approximate surface area is 140 Å². The molecule has 1 aromatic carbocycles. The van der Waals surface area contributed by atoms with Crippen LogP contribution in [0.1, 0.15) is 33.2 Å². The van der Waals surface area contributed by atoms with E-state index in [0.717, 1.165) is 31.2 Å². The van der Waals surface area contributed by atoms with Crippen molar-refractivity contribution in [3.63, 3.8) is 0 Å². The lowest BCUT2D eigenvalue weighted by atomic mass is 10.0. The first-order valence-corrected chi connectivity index (χ1v) is 8.70. The summed E-state index contributed by atoms with van der Waals surface area (Å²) in [6, 6.07) is 10.7. The van der Waals surface area contributed by atoms with Crippen LogP contribution in [0.3, 0.4) is 0 Å². The quantitative estimate of drug-likeness (QED) is 0.724. The summed E-state index contributed by atoms with van der Waals surface area (Å²) in [4.78, 5) is 3.72. The van der Waals surface area contributed by atoms with E-state index in [1.165, 1.54) is 26.6 Å². The molecule has 0 atom stereocenters. The number of nitrogens with zero attached hydrogens (tertiary/aromatic N) is 4. The van der Waals surface area contributed by atoms with Crippen LogP contribution in [0.15, 0.2) is 30.3 Å². The summed E-state index contributed by atoms with van der Waals surface area (Å²) in [6.45, 7) is 6.07. The Balaban J connectivity index is 1.86. The average Bonchev–Trinajstić information content (AvgIpc) is 2.98. The van der Waals surface area contributed by atoms with Gasteiger partial charge in [-0.3, -0.25) is 9.47 Å². The van der Waals surface area contributed by atoms with Gasteiger partial charge in [-0.1, -0.05) is 30.3 Å². The molecule has 3 aromatic rings. The standard InChI is InChI=1S/C18H20N4S/c1-12-15(9-14-7-5-4-6-8-14)16-10-21(3)11-17-20-19-13(2)22(17)18(16)23-12/h4-8H,9-11H2,1-3H3. The number of hydrogen-bond donors (Lipinski definition) is 0. The molecule has 0 unspecified atom stereocenters. The van der Waals surface area contributed by atoms with Gasteiger partial charge in [0, 0.05) is 17.0 Å². The lowest BCUT2D eigenvalue weighted by molar-refractivity contribution is 0.314. The normalized spacial score (nSPS) is 14.4. The summed E-state index contributed by atoms with van der Waals surface area (Å²) >= 11 is 1.87. The fraction of sp³-hybridized carbons (Fsp3) is 0.333. The third-order valence-corrected chi connectivity index (χ3v) is 5.63. The van der Waals surface area contributed by atoms with Crippen molar-refractivity contribution >= 4 is 11.3 Å². The smallest absolute Gasteiger partial charge is 0.152 e. The van der Waals surface area contributed by atoms with Crippen molar-refractivity contribution in [3.8, 4) is 5.00 Å². The van der Waals surface area contributed by atoms with E-state index in [4.69, 9.17) is 0 Å². The van der Waals surface area contributed by atoms with Gasteiger partial charge in [-0.25, -0.2) is 0 Å². The van der Waals surface area contributed by atoms with E-state index in [0.29, 0.717) is 0 Å². The molecule has 0 amide bonds. The third-order valence-electron chi connectivity index (χ3n) is 4.46. The van der Waals surface area contributed by atoms with Crippen LogP contribution in [0.2, 0.25) is 0 Å². The van der Waals surface area contributed by atoms with Crippen LogP contribution in [-0.2, 0) is 19.5 Å². The van der Waals surface area contributed by atoms with Gasteiger partial charge in [-0.15, -0.1) is 21.5 Å². The van der Waals surface area contributed by atoms with Gasteiger partial charge in [0.1, 0.15) is 10.8 Å². The summed E-state index contributed by atoms with van der Waals surface area (Å²) in [5.74, 6) is 2.01. The van der Waals surface area contributed by atoms with Gasteiger partial charge in [0.15, 0.2) is 5.82 Å². The molecule has 0 saturated carbocycles. The van der Waals surface area contributed by atoms with Crippen molar-refractivity contribution < 1.29 is 0 Å². The Kier molecular flexibility index (Phi) is 3.54. The van der Waals surface area contributed by atoms with Crippen LogP contribution in [0, 0.1) is 13.8 Å². The second-order valence-electron chi connectivity index (χ2n) is 6.25. The van der Waals surface area contributed by atoms with E-state index in [9.17, 15) is 0 Å². The van der Waals surface area contributed by atoms with E-state index in [1.54, 1.807) is 0 Å². The van der Waals surface area contributed by atoms with E-state index in [1.807, 2.05) is 18.3 Å². The number of benzene rings is 1. The van der Waals surface area contributed by atoms with Crippen molar-refractivity contribution in [1.82, 2.24) is 19.7 Å². The number of hydrogen-bond acceptors (Lipinski definition) is 4. The monoisotopic (exact) mass is 324 g/mol. The highest BCUT2D eigenvalue weighted by Crippen LogP contribution is 2.36. The highest BCUT2D eigenvalue weighted by atomic mass is 32.1. The Morgan fingerprint density at radius 2 is 1.87 bits per heavy atom. The van der Waals surface area contributed by atoms with Crippen LogP contribution in [-0.4, -0.2) is 26.7 Å². The summed E-state index contributed by atoms with van der Waals surface area (Å²) in [7, 11) is 2.16. The Hall–Kier alpha value is -1.98. The summed E-state index contributed by atoms with van der Waals surface area (Å²) in [5.41, 5.74) is 4.26. The first-order chi connectivity index (χ1) is 11.1. The van der Waals surface area contributed by atoms with Crippen LogP contribution < -0.4 is 0 Å². The van der Waals surface area contributed by atoms with Crippen LogP contribution in [0.4, 0.5) is 0 Å². The summed E-state index contributed by atoms with van der Waals surface area (Å²) in [6.07, 6.45) is 0.989. The first kappa shape index (κ1) is 14.6. The van der Waals surface area contributed by atoms with Gasteiger partial charge in [0.2, 0.25) is 0 Å². The molecule has 1 aliphatic rings. The molecule has 23 heavy (non-hydrogen) atoms. The predicted octanol–water partition coefficient (Wildman–Crippen LogP) is 3.48. The molecule has 3 heterocycles. The molecule has 0 spiro atoms. The molecule has 0 bridgehead atoms. The van der Waals surface area contributed by atoms with Crippen LogP contribution in [0.5, 0.6) is 0 Å². The Bertz CT molecular complexity index is 848. The molecule has 1 aliphatic heterocycles. The molecule has 0 radical (unpaired) electrons. The van der Waals surface area contributed by atoms with E-state index >= 15 is 0 Å². The van der Waals surface area contributed by atoms with Crippen molar-refractivity contribution in [1.29, 1.82) is 0 Å². The molecule has 0 aliphatic carbocycles. The molecular weight excluding hydrogens is 304 g/mol. The van der Waals surface area contributed by atoms with Gasteiger partial charge in [-0.2, -0.15) is 0 Å². The zero-order valence-electron chi connectivity index (χ0n) is 13.7. The maximum Gasteiger partial charge on any atom is 0.152 e. The first-order valence-electron chi connectivity index (χ1n) is 7.88. The molecular formula is C18H20N4S. The lowest BCUT2D eigenvalue weighted by Gasteiger charge is -2.14. The minimum Gasteiger partial charge on any atom is -0.295 e. The average molecular weight is 324 g/mol. The molecule has 0 N–H and O–H groups in total. The fourth-order valence-electron chi connectivity index (χ4n) is 3.32. The van der Waals surface area contributed by atoms with Crippen molar-refractivity contribution in [2.24, 2.45) is 0 Å². The second-order valence-corrected chi connectivity index (χ2v) is 7.46. The highest BCUT2D eigenvalue weighted by Gasteiger charge is 2.26. The number of rotatable bonds is 2. The molecule has 4 rings (SSSR count). The van der Waals surface area contributed by atoms with Crippen molar-refractivity contribution in [2.45, 2.75) is 33.4 Å².